The molecular weight excluding hydrogens is 638 g/mol. The van der Waals surface area contributed by atoms with Crippen molar-refractivity contribution < 1.29 is 4.39 Å². The first-order valence-corrected chi connectivity index (χ1v) is 17.6. The van der Waals surface area contributed by atoms with Gasteiger partial charge in [0.05, 0.1) is 33.4 Å². The van der Waals surface area contributed by atoms with Gasteiger partial charge in [0.1, 0.15) is 5.82 Å². The Morgan fingerprint density at radius 2 is 0.942 bits per heavy atom. The van der Waals surface area contributed by atoms with E-state index in [1.165, 1.54) is 17.2 Å². The Hall–Kier alpha value is -6.91. The molecule has 0 spiro atoms. The molecule has 10 rings (SSSR count). The Bertz CT molecular complexity index is 2920. The van der Waals surface area contributed by atoms with Crippen LogP contribution in [-0.4, -0.2) is 9.13 Å². The highest BCUT2D eigenvalue weighted by Crippen LogP contribution is 2.47. The van der Waals surface area contributed by atoms with E-state index in [0.717, 1.165) is 72.0 Å². The zero-order valence-electron chi connectivity index (χ0n) is 28.2. The molecule has 246 valence electrons. The van der Waals surface area contributed by atoms with Gasteiger partial charge in [0.15, 0.2) is 0 Å². The molecule has 0 N–H and O–H groups in total. The van der Waals surface area contributed by atoms with Crippen LogP contribution in [0.2, 0.25) is 0 Å². The van der Waals surface area contributed by atoms with Gasteiger partial charge in [-0.2, -0.15) is 0 Å². The number of hydrogen-bond acceptors (Lipinski definition) is 1. The lowest BCUT2D eigenvalue weighted by Gasteiger charge is -2.28. The number of anilines is 3. The number of nitrogens with zero attached hydrogens (tertiary/aromatic N) is 3. The van der Waals surface area contributed by atoms with Crippen LogP contribution in [0.1, 0.15) is 0 Å². The highest BCUT2D eigenvalue weighted by molar-refractivity contribution is 6.19. The molecule has 0 aliphatic rings. The minimum Gasteiger partial charge on any atom is -0.309 e. The standard InChI is InChI=1S/C48H32FN3/c49-35-18-12-22-38(32-35)52-42-26-9-7-23-39(42)40-25-13-30-46(48(40)52)50(36-19-5-2-6-20-36)44-28-14-29-45-47(44)41-24-8-10-27-43(41)51(45)37-21-11-17-34(31-37)33-15-3-1-4-16-33/h1-32H. The molecule has 0 aliphatic carbocycles. The smallest absolute Gasteiger partial charge is 0.125 e. The van der Waals surface area contributed by atoms with Crippen molar-refractivity contribution in [1.82, 2.24) is 9.13 Å². The van der Waals surface area contributed by atoms with Crippen molar-refractivity contribution in [2.75, 3.05) is 4.90 Å². The van der Waals surface area contributed by atoms with E-state index < -0.39 is 0 Å². The lowest BCUT2D eigenvalue weighted by Crippen LogP contribution is -2.12. The van der Waals surface area contributed by atoms with E-state index in [9.17, 15) is 4.39 Å². The third kappa shape index (κ3) is 4.73. The van der Waals surface area contributed by atoms with Gasteiger partial charge < -0.3 is 14.0 Å². The predicted molar refractivity (Wildman–Crippen MR) is 215 cm³/mol. The Labute approximate surface area is 300 Å². The van der Waals surface area contributed by atoms with Crippen LogP contribution in [0.3, 0.4) is 0 Å². The average Bonchev–Trinajstić information content (AvgIpc) is 3.73. The molecule has 0 saturated heterocycles. The summed E-state index contributed by atoms with van der Waals surface area (Å²) in [6.07, 6.45) is 0. The van der Waals surface area contributed by atoms with Crippen LogP contribution in [0.4, 0.5) is 21.5 Å². The molecule has 0 bridgehead atoms. The van der Waals surface area contributed by atoms with Crippen molar-refractivity contribution in [2.45, 2.75) is 0 Å². The van der Waals surface area contributed by atoms with E-state index in [2.05, 4.69) is 178 Å². The summed E-state index contributed by atoms with van der Waals surface area (Å²) in [5.74, 6) is -0.269. The van der Waals surface area contributed by atoms with Crippen molar-refractivity contribution in [3.05, 3.63) is 200 Å². The number of rotatable bonds is 6. The number of hydrogen-bond donors (Lipinski definition) is 0. The van der Waals surface area contributed by atoms with Gasteiger partial charge in [-0.15, -0.1) is 0 Å². The molecule has 0 amide bonds. The van der Waals surface area contributed by atoms with Crippen molar-refractivity contribution in [2.24, 2.45) is 0 Å². The van der Waals surface area contributed by atoms with E-state index in [1.54, 1.807) is 12.1 Å². The highest BCUT2D eigenvalue weighted by atomic mass is 19.1. The molecule has 0 unspecified atom stereocenters. The van der Waals surface area contributed by atoms with Crippen LogP contribution >= 0.6 is 0 Å². The summed E-state index contributed by atoms with van der Waals surface area (Å²) in [7, 11) is 0. The average molecular weight is 670 g/mol. The minimum absolute atomic E-state index is 0.269. The Balaban J connectivity index is 1.30. The molecule has 52 heavy (non-hydrogen) atoms. The van der Waals surface area contributed by atoms with E-state index >= 15 is 0 Å². The van der Waals surface area contributed by atoms with Gasteiger partial charge in [-0.1, -0.05) is 121 Å². The van der Waals surface area contributed by atoms with Crippen LogP contribution in [-0.2, 0) is 0 Å². The molecule has 2 heterocycles. The first-order valence-electron chi connectivity index (χ1n) is 17.6. The van der Waals surface area contributed by atoms with Crippen molar-refractivity contribution in [3.8, 4) is 22.5 Å². The zero-order valence-corrected chi connectivity index (χ0v) is 28.2. The first kappa shape index (κ1) is 30.0. The van der Waals surface area contributed by atoms with Gasteiger partial charge in [0.2, 0.25) is 0 Å². The van der Waals surface area contributed by atoms with Crippen LogP contribution in [0.5, 0.6) is 0 Å². The summed E-state index contributed by atoms with van der Waals surface area (Å²) in [5.41, 5.74) is 11.6. The quantitative estimate of drug-likeness (QED) is 0.172. The van der Waals surface area contributed by atoms with Crippen LogP contribution in [0, 0.1) is 5.82 Å². The normalized spacial score (nSPS) is 11.6. The minimum atomic E-state index is -0.269. The molecule has 2 aromatic heterocycles. The second-order valence-electron chi connectivity index (χ2n) is 13.1. The van der Waals surface area contributed by atoms with Gasteiger partial charge in [0, 0.05) is 38.6 Å². The second kappa shape index (κ2) is 12.1. The van der Waals surface area contributed by atoms with Crippen LogP contribution < -0.4 is 4.90 Å². The molecule has 0 saturated carbocycles. The third-order valence-corrected chi connectivity index (χ3v) is 10.1. The van der Waals surface area contributed by atoms with Gasteiger partial charge in [0.25, 0.3) is 0 Å². The number of fused-ring (bicyclic) bond motifs is 6. The number of para-hydroxylation sites is 4. The summed E-state index contributed by atoms with van der Waals surface area (Å²) in [4.78, 5) is 2.37. The monoisotopic (exact) mass is 669 g/mol. The fraction of sp³-hybridized carbons (Fsp3) is 0. The molecule has 8 aromatic carbocycles. The van der Waals surface area contributed by atoms with Crippen molar-refractivity contribution in [1.29, 1.82) is 0 Å². The van der Waals surface area contributed by atoms with Gasteiger partial charge in [-0.3, -0.25) is 0 Å². The van der Waals surface area contributed by atoms with Gasteiger partial charge >= 0.3 is 0 Å². The van der Waals surface area contributed by atoms with E-state index in [-0.39, 0.29) is 5.82 Å². The lowest BCUT2D eigenvalue weighted by molar-refractivity contribution is 0.627. The highest BCUT2D eigenvalue weighted by Gasteiger charge is 2.25. The summed E-state index contributed by atoms with van der Waals surface area (Å²) in [6.45, 7) is 0. The van der Waals surface area contributed by atoms with Crippen LogP contribution in [0.15, 0.2) is 194 Å². The molecule has 0 atom stereocenters. The SMILES string of the molecule is Fc1cccc(-n2c3ccccc3c3cccc(N(c4ccccc4)c4cccc5c4c4ccccc4n5-c4cccc(-c5ccccc5)c4)c32)c1. The maximum Gasteiger partial charge on any atom is 0.125 e. The Kier molecular flexibility index (Phi) is 7.00. The largest absolute Gasteiger partial charge is 0.309 e. The first-order chi connectivity index (χ1) is 25.7. The summed E-state index contributed by atoms with van der Waals surface area (Å²) in [5, 5.41) is 4.53. The maximum absolute atomic E-state index is 14.9. The summed E-state index contributed by atoms with van der Waals surface area (Å²) < 4.78 is 19.5. The predicted octanol–water partition coefficient (Wildman–Crippen LogP) is 13.2. The molecular formula is C48H32FN3. The van der Waals surface area contributed by atoms with Crippen molar-refractivity contribution in [3.63, 3.8) is 0 Å². The third-order valence-electron chi connectivity index (χ3n) is 10.1. The zero-order chi connectivity index (χ0) is 34.6. The summed E-state index contributed by atoms with van der Waals surface area (Å²) in [6, 6.07) is 66.9. The van der Waals surface area contributed by atoms with E-state index in [4.69, 9.17) is 0 Å². The van der Waals surface area contributed by atoms with Gasteiger partial charge in [-0.25, -0.2) is 4.39 Å². The lowest BCUT2D eigenvalue weighted by atomic mass is 10.1. The molecule has 0 radical (unpaired) electrons. The van der Waals surface area contributed by atoms with E-state index in [1.807, 2.05) is 12.1 Å². The number of aromatic nitrogens is 2. The Morgan fingerprint density at radius 3 is 1.73 bits per heavy atom. The molecule has 0 fully saturated rings. The van der Waals surface area contributed by atoms with E-state index in [0.29, 0.717) is 0 Å². The molecule has 4 heteroatoms. The van der Waals surface area contributed by atoms with Gasteiger partial charge in [-0.05, 0) is 83.9 Å². The fourth-order valence-electron chi connectivity index (χ4n) is 7.97. The number of benzene rings is 8. The summed E-state index contributed by atoms with van der Waals surface area (Å²) >= 11 is 0. The maximum atomic E-state index is 14.9. The Morgan fingerprint density at radius 1 is 0.385 bits per heavy atom. The van der Waals surface area contributed by atoms with Crippen LogP contribution in [0.25, 0.3) is 66.1 Å². The molecule has 3 nitrogen and oxygen atoms in total. The number of halogens is 1. The fourth-order valence-corrected chi connectivity index (χ4v) is 7.97. The topological polar surface area (TPSA) is 13.1 Å². The molecule has 0 aliphatic heterocycles. The molecule has 10 aromatic rings. The van der Waals surface area contributed by atoms with Crippen molar-refractivity contribution >= 4 is 60.7 Å². The second-order valence-corrected chi connectivity index (χ2v) is 13.1.